The van der Waals surface area contributed by atoms with Gasteiger partial charge in [0.15, 0.2) is 5.78 Å². The molecule has 1 N–H and O–H groups in total. The minimum atomic E-state index is -0.543. The smallest absolute Gasteiger partial charge is 0.157 e. The first-order chi connectivity index (χ1) is 17.7. The maximum Gasteiger partial charge on any atom is 0.157 e. The highest BCUT2D eigenvalue weighted by atomic mass is 16.5. The van der Waals surface area contributed by atoms with Gasteiger partial charge in [-0.25, -0.2) is 4.68 Å². The average molecular weight is 510 g/mol. The van der Waals surface area contributed by atoms with Crippen molar-refractivity contribution in [2.45, 2.75) is 83.8 Å². The highest BCUT2D eigenvalue weighted by Crippen LogP contribution is 2.68. The molecular weight excluding hydrogens is 466 g/mol. The summed E-state index contributed by atoms with van der Waals surface area (Å²) in [5, 5.41) is 19.5. The Hall–Kier alpha value is -1.99. The molecule has 0 aliphatic heterocycles. The van der Waals surface area contributed by atoms with Crippen molar-refractivity contribution in [2.75, 3.05) is 20.8 Å². The molecule has 0 amide bonds. The van der Waals surface area contributed by atoms with Gasteiger partial charge in [0.2, 0.25) is 0 Å². The number of carbonyl (C=O) groups is 1. The Balaban J connectivity index is 1.23. The van der Waals surface area contributed by atoms with Crippen molar-refractivity contribution >= 4 is 16.8 Å². The first-order valence-corrected chi connectivity index (χ1v) is 14.3. The van der Waals surface area contributed by atoms with Gasteiger partial charge < -0.3 is 14.6 Å². The van der Waals surface area contributed by atoms with E-state index >= 15 is 0 Å². The lowest BCUT2D eigenvalue weighted by atomic mass is 9.43. The van der Waals surface area contributed by atoms with Crippen LogP contribution in [0, 0.1) is 40.4 Å². The van der Waals surface area contributed by atoms with Crippen LogP contribution in [0.4, 0.5) is 0 Å². The summed E-state index contributed by atoms with van der Waals surface area (Å²) in [4.78, 5) is 13.8. The zero-order valence-corrected chi connectivity index (χ0v) is 22.9. The summed E-state index contributed by atoms with van der Waals surface area (Å²) < 4.78 is 13.1. The maximum atomic E-state index is 13.8. The van der Waals surface area contributed by atoms with E-state index in [1.54, 1.807) is 11.8 Å². The number of rotatable bonds is 6. The normalized spacial score (nSPS) is 41.2. The topological polar surface area (TPSA) is 86.5 Å². The van der Waals surface area contributed by atoms with E-state index in [4.69, 9.17) is 9.47 Å². The van der Waals surface area contributed by atoms with Crippen LogP contribution in [0.2, 0.25) is 0 Å². The second-order valence-electron chi connectivity index (χ2n) is 13.3. The first-order valence-electron chi connectivity index (χ1n) is 14.3. The van der Waals surface area contributed by atoms with Gasteiger partial charge in [-0.1, -0.05) is 12.1 Å². The van der Waals surface area contributed by atoms with Gasteiger partial charge in [0.05, 0.1) is 24.8 Å². The van der Waals surface area contributed by atoms with Gasteiger partial charge in [-0.3, -0.25) is 4.79 Å². The molecule has 0 saturated heterocycles. The lowest BCUT2D eigenvalue weighted by Gasteiger charge is -2.62. The van der Waals surface area contributed by atoms with E-state index < -0.39 is 5.60 Å². The molecule has 4 aliphatic carbocycles. The van der Waals surface area contributed by atoms with Crippen molar-refractivity contribution < 1.29 is 19.4 Å². The van der Waals surface area contributed by atoms with Crippen molar-refractivity contribution in [1.29, 1.82) is 0 Å². The van der Waals surface area contributed by atoms with Gasteiger partial charge >= 0.3 is 0 Å². The summed E-state index contributed by atoms with van der Waals surface area (Å²) in [7, 11) is 3.50. The number of carbonyl (C=O) groups excluding carboxylic acids is 1. The highest BCUT2D eigenvalue weighted by Gasteiger charge is 2.63. The summed E-state index contributed by atoms with van der Waals surface area (Å²) in [5.41, 5.74) is 1.33. The van der Waals surface area contributed by atoms with Gasteiger partial charge in [0.25, 0.3) is 0 Å². The second-order valence-corrected chi connectivity index (χ2v) is 13.3. The van der Waals surface area contributed by atoms with E-state index in [0.29, 0.717) is 29.5 Å². The van der Waals surface area contributed by atoms with Crippen molar-refractivity contribution in [2.24, 2.45) is 40.4 Å². The molecular formula is C30H43N3O4. The van der Waals surface area contributed by atoms with Crippen molar-refractivity contribution in [3.63, 3.8) is 0 Å². The molecule has 2 aromatic rings. The summed E-state index contributed by atoms with van der Waals surface area (Å²) in [6, 6.07) is 5.69. The molecule has 8 unspecified atom stereocenters. The zero-order valence-electron chi connectivity index (χ0n) is 22.9. The number of ketones is 1. The van der Waals surface area contributed by atoms with Crippen LogP contribution < -0.4 is 4.74 Å². The molecule has 1 heterocycles. The number of aromatic nitrogens is 3. The second kappa shape index (κ2) is 9.04. The number of ether oxygens (including phenoxy) is 2. The van der Waals surface area contributed by atoms with Crippen LogP contribution >= 0.6 is 0 Å². The molecule has 7 nitrogen and oxygen atoms in total. The number of fused-ring (bicyclic) bond motifs is 6. The van der Waals surface area contributed by atoms with Gasteiger partial charge in [0.1, 0.15) is 17.8 Å². The molecule has 4 fully saturated rings. The SMILES string of the molecule is COCC12CCC(C)(O)CC1CCC1C3CCC(C(=O)Cn4nnc5ccc(OC)cc54)C3(C)CCC12. The van der Waals surface area contributed by atoms with Crippen LogP contribution in [-0.2, 0) is 16.1 Å². The maximum absolute atomic E-state index is 13.8. The van der Waals surface area contributed by atoms with Crippen LogP contribution in [0.1, 0.15) is 71.6 Å². The third-order valence-corrected chi connectivity index (χ3v) is 11.5. The minimum Gasteiger partial charge on any atom is -0.497 e. The summed E-state index contributed by atoms with van der Waals surface area (Å²) >= 11 is 0. The standard InChI is InChI=1S/C30H43N3O4/c1-28(35)13-14-30(18-36-3)19(16-28)5-7-21-22-8-9-24(29(22,2)12-11-23(21)30)27(34)17-33-26-15-20(37-4)6-10-25(26)31-32-33/h6,10,15,19,21-24,35H,5,7-9,11-14,16-18H2,1-4H3. The van der Waals surface area contributed by atoms with E-state index in [-0.39, 0.29) is 23.3 Å². The molecule has 1 aromatic carbocycles. The molecule has 202 valence electrons. The average Bonchev–Trinajstić information content (AvgIpc) is 3.44. The molecule has 0 spiro atoms. The fraction of sp³-hybridized carbons (Fsp3) is 0.767. The Morgan fingerprint density at radius 2 is 1.92 bits per heavy atom. The Morgan fingerprint density at radius 3 is 2.70 bits per heavy atom. The van der Waals surface area contributed by atoms with E-state index in [0.717, 1.165) is 61.9 Å². The Kier molecular flexibility index (Phi) is 6.18. The molecule has 4 aliphatic rings. The predicted molar refractivity (Wildman–Crippen MR) is 141 cm³/mol. The van der Waals surface area contributed by atoms with Crippen LogP contribution in [-0.4, -0.2) is 52.3 Å². The number of aliphatic hydroxyl groups is 1. The molecule has 0 radical (unpaired) electrons. The van der Waals surface area contributed by atoms with E-state index in [2.05, 4.69) is 17.2 Å². The largest absolute Gasteiger partial charge is 0.497 e. The number of nitrogens with zero attached hydrogens (tertiary/aromatic N) is 3. The van der Waals surface area contributed by atoms with Crippen molar-refractivity contribution in [3.8, 4) is 5.75 Å². The summed E-state index contributed by atoms with van der Waals surface area (Å²) in [6.45, 7) is 5.51. The fourth-order valence-electron chi connectivity index (χ4n) is 9.76. The predicted octanol–water partition coefficient (Wildman–Crippen LogP) is 5.05. The van der Waals surface area contributed by atoms with Crippen LogP contribution in [0.15, 0.2) is 18.2 Å². The van der Waals surface area contributed by atoms with E-state index in [9.17, 15) is 9.90 Å². The monoisotopic (exact) mass is 509 g/mol. The Bertz CT molecular complexity index is 1180. The van der Waals surface area contributed by atoms with E-state index in [1.165, 1.54) is 19.3 Å². The third kappa shape index (κ3) is 3.94. The Morgan fingerprint density at radius 1 is 1.08 bits per heavy atom. The molecule has 6 rings (SSSR count). The minimum absolute atomic E-state index is 0.0492. The summed E-state index contributed by atoms with van der Waals surface area (Å²) in [6.07, 6.45) is 9.65. The number of hydrogen-bond donors (Lipinski definition) is 1. The number of methoxy groups -OCH3 is 2. The summed E-state index contributed by atoms with van der Waals surface area (Å²) in [5.74, 6) is 3.55. The molecule has 4 saturated carbocycles. The quantitative estimate of drug-likeness (QED) is 0.587. The number of hydrogen-bond acceptors (Lipinski definition) is 6. The Labute approximate surface area is 220 Å². The fourth-order valence-corrected chi connectivity index (χ4v) is 9.76. The van der Waals surface area contributed by atoms with Gasteiger partial charge in [0, 0.05) is 19.1 Å². The lowest BCUT2D eigenvalue weighted by Crippen LogP contribution is -2.58. The third-order valence-electron chi connectivity index (χ3n) is 11.5. The molecule has 1 aromatic heterocycles. The van der Waals surface area contributed by atoms with Crippen LogP contribution in [0.5, 0.6) is 5.75 Å². The first kappa shape index (κ1) is 25.3. The molecule has 37 heavy (non-hydrogen) atoms. The van der Waals surface area contributed by atoms with Crippen molar-refractivity contribution in [1.82, 2.24) is 15.0 Å². The molecule has 8 atom stereocenters. The van der Waals surface area contributed by atoms with Gasteiger partial charge in [-0.05, 0) is 111 Å². The van der Waals surface area contributed by atoms with Crippen LogP contribution in [0.25, 0.3) is 11.0 Å². The van der Waals surface area contributed by atoms with Gasteiger partial charge in [-0.15, -0.1) is 5.10 Å². The van der Waals surface area contributed by atoms with Crippen LogP contribution in [0.3, 0.4) is 0 Å². The lowest BCUT2D eigenvalue weighted by molar-refractivity contribution is -0.175. The van der Waals surface area contributed by atoms with Crippen molar-refractivity contribution in [3.05, 3.63) is 18.2 Å². The molecule has 0 bridgehead atoms. The van der Waals surface area contributed by atoms with E-state index in [1.807, 2.05) is 32.2 Å². The molecule has 7 heteroatoms. The zero-order chi connectivity index (χ0) is 26.0. The van der Waals surface area contributed by atoms with Gasteiger partial charge in [-0.2, -0.15) is 0 Å². The number of benzene rings is 1. The highest BCUT2D eigenvalue weighted by molar-refractivity contribution is 5.84. The number of Topliss-reactive ketones (excluding diaryl/α,β-unsaturated/α-hetero) is 1.